The molecule has 2 heteroatoms. The van der Waals surface area contributed by atoms with Crippen molar-refractivity contribution in [3.05, 3.63) is 65.2 Å². The molecule has 2 aromatic rings. The summed E-state index contributed by atoms with van der Waals surface area (Å²) in [5.74, 6) is 0.869. The molecular weight excluding hydrogens is 248 g/mol. The molecule has 0 amide bonds. The van der Waals surface area contributed by atoms with E-state index in [1.54, 1.807) is 0 Å². The lowest BCUT2D eigenvalue weighted by Gasteiger charge is -2.06. The number of rotatable bonds is 6. The lowest BCUT2D eigenvalue weighted by atomic mass is 10.0. The molecule has 0 aliphatic heterocycles. The summed E-state index contributed by atoms with van der Waals surface area (Å²) in [6.45, 7) is 4.84. The minimum Gasteiger partial charge on any atom is -0.494 e. The van der Waals surface area contributed by atoms with E-state index in [0.29, 0.717) is 5.56 Å². The van der Waals surface area contributed by atoms with E-state index >= 15 is 0 Å². The summed E-state index contributed by atoms with van der Waals surface area (Å²) in [4.78, 5) is 12.3. The van der Waals surface area contributed by atoms with Gasteiger partial charge in [-0.25, -0.2) is 0 Å². The number of ketones is 1. The molecule has 0 aliphatic carbocycles. The predicted octanol–water partition coefficient (Wildman–Crippen LogP) is 4.40. The van der Waals surface area contributed by atoms with E-state index in [1.165, 1.54) is 0 Å². The fraction of sp³-hybridized carbons (Fsp3) is 0.278. The van der Waals surface area contributed by atoms with Crippen LogP contribution >= 0.6 is 0 Å². The molecule has 0 saturated carbocycles. The van der Waals surface area contributed by atoms with Crippen LogP contribution in [-0.2, 0) is 0 Å². The molecule has 2 rings (SSSR count). The van der Waals surface area contributed by atoms with Crippen LogP contribution in [0.1, 0.15) is 41.3 Å². The number of unbranched alkanes of at least 4 members (excludes halogenated alkanes) is 1. The molecule has 0 spiro atoms. The zero-order chi connectivity index (χ0) is 14.4. The summed E-state index contributed by atoms with van der Waals surface area (Å²) in [5.41, 5.74) is 2.51. The highest BCUT2D eigenvalue weighted by molar-refractivity contribution is 6.09. The number of benzene rings is 2. The third-order valence-electron chi connectivity index (χ3n) is 3.16. The van der Waals surface area contributed by atoms with E-state index in [0.717, 1.165) is 36.3 Å². The van der Waals surface area contributed by atoms with Gasteiger partial charge in [-0.05, 0) is 43.7 Å². The summed E-state index contributed by atoms with van der Waals surface area (Å²) in [6, 6.07) is 15.0. The Morgan fingerprint density at radius 1 is 1.05 bits per heavy atom. The van der Waals surface area contributed by atoms with Gasteiger partial charge in [-0.3, -0.25) is 4.79 Å². The van der Waals surface area contributed by atoms with Crippen molar-refractivity contribution in [2.24, 2.45) is 0 Å². The molecular formula is C18H20O2. The second kappa shape index (κ2) is 6.90. The maximum Gasteiger partial charge on any atom is 0.193 e. The molecule has 0 atom stereocenters. The Morgan fingerprint density at radius 2 is 1.80 bits per heavy atom. The van der Waals surface area contributed by atoms with Crippen molar-refractivity contribution < 1.29 is 9.53 Å². The lowest BCUT2D eigenvalue weighted by molar-refractivity contribution is 0.103. The smallest absolute Gasteiger partial charge is 0.193 e. The van der Waals surface area contributed by atoms with Gasteiger partial charge in [0, 0.05) is 11.1 Å². The fourth-order valence-corrected chi connectivity index (χ4v) is 1.99. The molecule has 0 radical (unpaired) electrons. The van der Waals surface area contributed by atoms with Crippen molar-refractivity contribution >= 4 is 5.78 Å². The van der Waals surface area contributed by atoms with E-state index < -0.39 is 0 Å². The zero-order valence-electron chi connectivity index (χ0n) is 12.1. The van der Waals surface area contributed by atoms with Gasteiger partial charge in [0.05, 0.1) is 6.61 Å². The highest BCUT2D eigenvalue weighted by atomic mass is 16.5. The highest BCUT2D eigenvalue weighted by Crippen LogP contribution is 2.16. The van der Waals surface area contributed by atoms with E-state index in [4.69, 9.17) is 4.74 Å². The number of hydrogen-bond acceptors (Lipinski definition) is 2. The number of ether oxygens (including phenoxy) is 1. The van der Waals surface area contributed by atoms with Crippen LogP contribution in [0.25, 0.3) is 0 Å². The van der Waals surface area contributed by atoms with E-state index in [-0.39, 0.29) is 5.78 Å². The molecule has 0 saturated heterocycles. The molecule has 0 bridgehead atoms. The Morgan fingerprint density at radius 3 is 2.45 bits per heavy atom. The van der Waals surface area contributed by atoms with Crippen LogP contribution in [0, 0.1) is 6.92 Å². The van der Waals surface area contributed by atoms with E-state index in [9.17, 15) is 4.79 Å². The van der Waals surface area contributed by atoms with Crippen LogP contribution in [-0.4, -0.2) is 12.4 Å². The molecule has 2 nitrogen and oxygen atoms in total. The van der Waals surface area contributed by atoms with E-state index in [1.807, 2.05) is 55.5 Å². The van der Waals surface area contributed by atoms with Gasteiger partial charge in [-0.15, -0.1) is 0 Å². The van der Waals surface area contributed by atoms with Gasteiger partial charge in [0.15, 0.2) is 5.78 Å². The summed E-state index contributed by atoms with van der Waals surface area (Å²) >= 11 is 0. The third-order valence-corrected chi connectivity index (χ3v) is 3.16. The molecule has 20 heavy (non-hydrogen) atoms. The van der Waals surface area contributed by atoms with Gasteiger partial charge < -0.3 is 4.74 Å². The Balaban J connectivity index is 2.07. The lowest BCUT2D eigenvalue weighted by Crippen LogP contribution is -2.02. The quantitative estimate of drug-likeness (QED) is 0.573. The largest absolute Gasteiger partial charge is 0.494 e. The SMILES string of the molecule is CCCCOc1ccc(C(=O)c2cccc(C)c2)cc1. The van der Waals surface area contributed by atoms with Gasteiger partial charge in [-0.1, -0.05) is 37.1 Å². The van der Waals surface area contributed by atoms with Crippen molar-refractivity contribution in [3.8, 4) is 5.75 Å². The molecule has 0 heterocycles. The van der Waals surface area contributed by atoms with Crippen molar-refractivity contribution in [1.29, 1.82) is 0 Å². The molecule has 0 N–H and O–H groups in total. The van der Waals surface area contributed by atoms with Crippen LogP contribution in [0.15, 0.2) is 48.5 Å². The van der Waals surface area contributed by atoms with Gasteiger partial charge in [0.25, 0.3) is 0 Å². The Labute approximate surface area is 120 Å². The van der Waals surface area contributed by atoms with Gasteiger partial charge in [0.2, 0.25) is 0 Å². The normalized spacial score (nSPS) is 10.3. The topological polar surface area (TPSA) is 26.3 Å². The zero-order valence-corrected chi connectivity index (χ0v) is 12.1. The van der Waals surface area contributed by atoms with Crippen molar-refractivity contribution in [2.45, 2.75) is 26.7 Å². The van der Waals surface area contributed by atoms with Crippen LogP contribution in [0.3, 0.4) is 0 Å². The first-order chi connectivity index (χ1) is 9.70. The predicted molar refractivity (Wildman–Crippen MR) is 81.5 cm³/mol. The third kappa shape index (κ3) is 3.70. The Kier molecular flexibility index (Phi) is 4.94. The Bertz CT molecular complexity index is 570. The Hall–Kier alpha value is -2.09. The first-order valence-corrected chi connectivity index (χ1v) is 7.05. The maximum atomic E-state index is 12.3. The average Bonchev–Trinajstić information content (AvgIpc) is 2.47. The molecule has 0 unspecified atom stereocenters. The number of hydrogen-bond donors (Lipinski definition) is 0. The average molecular weight is 268 g/mol. The first kappa shape index (κ1) is 14.3. The molecule has 0 fully saturated rings. The van der Waals surface area contributed by atoms with Crippen LogP contribution in [0.2, 0.25) is 0 Å². The summed E-state index contributed by atoms with van der Waals surface area (Å²) in [5, 5.41) is 0. The second-order valence-electron chi connectivity index (χ2n) is 4.92. The highest BCUT2D eigenvalue weighted by Gasteiger charge is 2.08. The summed E-state index contributed by atoms with van der Waals surface area (Å²) in [6.07, 6.45) is 2.16. The van der Waals surface area contributed by atoms with E-state index in [2.05, 4.69) is 6.92 Å². The first-order valence-electron chi connectivity index (χ1n) is 7.05. The van der Waals surface area contributed by atoms with Crippen LogP contribution < -0.4 is 4.74 Å². The minimum atomic E-state index is 0.0498. The van der Waals surface area contributed by atoms with Crippen molar-refractivity contribution in [1.82, 2.24) is 0 Å². The van der Waals surface area contributed by atoms with Gasteiger partial charge in [-0.2, -0.15) is 0 Å². The molecule has 104 valence electrons. The number of carbonyl (C=O) groups excluding carboxylic acids is 1. The van der Waals surface area contributed by atoms with Crippen LogP contribution in [0.5, 0.6) is 5.75 Å². The summed E-state index contributed by atoms with van der Waals surface area (Å²) < 4.78 is 5.59. The molecule has 0 aliphatic rings. The summed E-state index contributed by atoms with van der Waals surface area (Å²) in [7, 11) is 0. The maximum absolute atomic E-state index is 12.3. The van der Waals surface area contributed by atoms with Gasteiger partial charge >= 0.3 is 0 Å². The molecule has 2 aromatic carbocycles. The fourth-order valence-electron chi connectivity index (χ4n) is 1.99. The standard InChI is InChI=1S/C18H20O2/c1-3-4-12-20-17-10-8-15(9-11-17)18(19)16-7-5-6-14(2)13-16/h5-11,13H,3-4,12H2,1-2H3. The van der Waals surface area contributed by atoms with Crippen LogP contribution in [0.4, 0.5) is 0 Å². The minimum absolute atomic E-state index is 0.0498. The molecule has 0 aromatic heterocycles. The van der Waals surface area contributed by atoms with Gasteiger partial charge in [0.1, 0.15) is 5.75 Å². The number of aryl methyl sites for hydroxylation is 1. The number of carbonyl (C=O) groups is 1. The monoisotopic (exact) mass is 268 g/mol. The van der Waals surface area contributed by atoms with Crippen molar-refractivity contribution in [2.75, 3.05) is 6.61 Å². The van der Waals surface area contributed by atoms with Crippen molar-refractivity contribution in [3.63, 3.8) is 0 Å². The second-order valence-corrected chi connectivity index (χ2v) is 4.92.